The minimum absolute atomic E-state index is 0.124. The normalized spacial score (nSPS) is 29.1. The lowest BCUT2D eigenvalue weighted by atomic mass is 9.48. The Morgan fingerprint density at radius 1 is 0.509 bits per heavy atom. The van der Waals surface area contributed by atoms with Crippen LogP contribution in [0.2, 0.25) is 0 Å². The number of benzene rings is 6. The molecular formula is C54H53N. The molecule has 0 aromatic heterocycles. The second kappa shape index (κ2) is 11.9. The molecule has 1 heteroatoms. The molecule has 1 nitrogen and oxygen atoms in total. The molecule has 6 aromatic rings. The van der Waals surface area contributed by atoms with E-state index < -0.39 is 0 Å². The van der Waals surface area contributed by atoms with Crippen LogP contribution >= 0.6 is 0 Å². The maximum absolute atomic E-state index is 2.55. The first-order valence-corrected chi connectivity index (χ1v) is 21.7. The molecule has 0 N–H and O–H groups in total. The summed E-state index contributed by atoms with van der Waals surface area (Å²) in [5, 5.41) is 2.61. The van der Waals surface area contributed by atoms with Gasteiger partial charge in [-0.2, -0.15) is 0 Å². The van der Waals surface area contributed by atoms with E-state index in [4.69, 9.17) is 0 Å². The van der Waals surface area contributed by atoms with Gasteiger partial charge in [-0.15, -0.1) is 0 Å². The molecular weight excluding hydrogens is 663 g/mol. The van der Waals surface area contributed by atoms with Gasteiger partial charge in [0.05, 0.1) is 0 Å². The maximum Gasteiger partial charge on any atom is 0.0465 e. The summed E-state index contributed by atoms with van der Waals surface area (Å²) < 4.78 is 0. The lowest BCUT2D eigenvalue weighted by Gasteiger charge is -2.57. The van der Waals surface area contributed by atoms with Crippen molar-refractivity contribution in [1.82, 2.24) is 0 Å². The van der Waals surface area contributed by atoms with Gasteiger partial charge in [0.25, 0.3) is 0 Å². The smallest absolute Gasteiger partial charge is 0.0465 e. The van der Waals surface area contributed by atoms with E-state index in [1.807, 2.05) is 0 Å². The molecule has 0 aliphatic heterocycles. The molecule has 55 heavy (non-hydrogen) atoms. The minimum Gasteiger partial charge on any atom is -0.310 e. The summed E-state index contributed by atoms with van der Waals surface area (Å²) in [5.74, 6) is 5.46. The molecule has 13 rings (SSSR count). The highest BCUT2D eigenvalue weighted by atomic mass is 15.1. The van der Waals surface area contributed by atoms with Crippen LogP contribution < -0.4 is 4.90 Å². The van der Waals surface area contributed by atoms with Crippen molar-refractivity contribution in [3.8, 4) is 22.3 Å². The Balaban J connectivity index is 0.964. The predicted octanol–water partition coefficient (Wildman–Crippen LogP) is 14.7. The van der Waals surface area contributed by atoms with Crippen molar-refractivity contribution in [2.24, 2.45) is 29.6 Å². The number of nitrogens with zero attached hydrogens (tertiary/aromatic N) is 1. The molecule has 6 bridgehead atoms. The largest absolute Gasteiger partial charge is 0.310 e. The molecule has 274 valence electrons. The number of hydrogen-bond donors (Lipinski definition) is 0. The van der Waals surface area contributed by atoms with Gasteiger partial charge in [-0.05, 0) is 190 Å². The van der Waals surface area contributed by atoms with Gasteiger partial charge in [-0.3, -0.25) is 0 Å². The summed E-state index contributed by atoms with van der Waals surface area (Å²) in [6.45, 7) is 4.87. The van der Waals surface area contributed by atoms with Crippen molar-refractivity contribution in [2.45, 2.75) is 94.8 Å². The van der Waals surface area contributed by atoms with Gasteiger partial charge >= 0.3 is 0 Å². The number of rotatable bonds is 6. The molecule has 6 aromatic carbocycles. The molecule has 0 spiro atoms. The van der Waals surface area contributed by atoms with E-state index in [2.05, 4.69) is 146 Å². The van der Waals surface area contributed by atoms with Crippen molar-refractivity contribution < 1.29 is 0 Å². The molecule has 7 aliphatic carbocycles. The fourth-order valence-electron chi connectivity index (χ4n) is 14.0. The first-order chi connectivity index (χ1) is 26.9. The summed E-state index contributed by atoms with van der Waals surface area (Å²) in [6.07, 6.45) is 14.4. The van der Waals surface area contributed by atoms with E-state index >= 15 is 0 Å². The Morgan fingerprint density at radius 3 is 1.87 bits per heavy atom. The van der Waals surface area contributed by atoms with E-state index in [-0.39, 0.29) is 5.41 Å². The molecule has 0 amide bonds. The highest BCUT2D eigenvalue weighted by Gasteiger charge is 2.51. The highest BCUT2D eigenvalue weighted by Crippen LogP contribution is 2.61. The summed E-state index contributed by atoms with van der Waals surface area (Å²) in [7, 11) is 0. The van der Waals surface area contributed by atoms with Crippen molar-refractivity contribution in [3.05, 3.63) is 150 Å². The summed E-state index contributed by atoms with van der Waals surface area (Å²) in [6, 6.07) is 49.8. The minimum atomic E-state index is -0.124. The monoisotopic (exact) mass is 715 g/mol. The van der Waals surface area contributed by atoms with Crippen LogP contribution in [0, 0.1) is 29.6 Å². The summed E-state index contributed by atoms with van der Waals surface area (Å²) >= 11 is 0. The van der Waals surface area contributed by atoms with Gasteiger partial charge in [-0.1, -0.05) is 111 Å². The van der Waals surface area contributed by atoms with Crippen LogP contribution in [0.5, 0.6) is 0 Å². The topological polar surface area (TPSA) is 3.24 Å². The molecule has 0 heterocycles. The molecule has 0 radical (unpaired) electrons. The first-order valence-electron chi connectivity index (χ1n) is 21.7. The summed E-state index contributed by atoms with van der Waals surface area (Å²) in [5.41, 5.74) is 15.5. The zero-order chi connectivity index (χ0) is 36.5. The average Bonchev–Trinajstić information content (AvgIpc) is 3.91. The van der Waals surface area contributed by atoms with Crippen molar-refractivity contribution in [2.75, 3.05) is 4.90 Å². The van der Waals surface area contributed by atoms with Crippen LogP contribution in [0.25, 0.3) is 33.0 Å². The number of anilines is 3. The van der Waals surface area contributed by atoms with E-state index in [1.165, 1.54) is 125 Å². The fraction of sp³-hybridized carbons (Fsp3) is 0.370. The van der Waals surface area contributed by atoms with E-state index in [9.17, 15) is 0 Å². The number of hydrogen-bond acceptors (Lipinski definition) is 1. The van der Waals surface area contributed by atoms with Gasteiger partial charge in [0.1, 0.15) is 0 Å². The van der Waals surface area contributed by atoms with Crippen LogP contribution in [0.4, 0.5) is 17.1 Å². The third kappa shape index (κ3) is 4.97. The SMILES string of the molecule is CC1(C)c2cc(N(c3ccc(C4CC5CCC4C5)cc3)c3ccc(C45CC6CC(CC(C6)C4)C5)cc3)ccc2-c2c(-c3cccc4ccccc34)cccc21. The van der Waals surface area contributed by atoms with Crippen LogP contribution in [-0.4, -0.2) is 0 Å². The van der Waals surface area contributed by atoms with Gasteiger partial charge < -0.3 is 4.90 Å². The maximum atomic E-state index is 2.55. The third-order valence-electron chi connectivity index (χ3n) is 16.1. The average molecular weight is 716 g/mol. The van der Waals surface area contributed by atoms with Crippen LogP contribution in [0.15, 0.2) is 127 Å². The van der Waals surface area contributed by atoms with E-state index in [1.54, 1.807) is 11.1 Å². The molecule has 3 atom stereocenters. The molecule has 6 fully saturated rings. The van der Waals surface area contributed by atoms with Crippen molar-refractivity contribution in [1.29, 1.82) is 0 Å². The molecule has 3 unspecified atom stereocenters. The molecule has 0 saturated heterocycles. The van der Waals surface area contributed by atoms with Crippen LogP contribution in [-0.2, 0) is 10.8 Å². The lowest BCUT2D eigenvalue weighted by molar-refractivity contribution is -0.00518. The zero-order valence-electron chi connectivity index (χ0n) is 32.6. The van der Waals surface area contributed by atoms with Crippen LogP contribution in [0.1, 0.15) is 106 Å². The summed E-state index contributed by atoms with van der Waals surface area (Å²) in [4.78, 5) is 2.55. The second-order valence-corrected chi connectivity index (χ2v) is 19.6. The van der Waals surface area contributed by atoms with E-state index in [0.717, 1.165) is 35.5 Å². The predicted molar refractivity (Wildman–Crippen MR) is 230 cm³/mol. The Kier molecular flexibility index (Phi) is 7.08. The van der Waals surface area contributed by atoms with Crippen molar-refractivity contribution >= 4 is 27.8 Å². The first kappa shape index (κ1) is 32.6. The lowest BCUT2D eigenvalue weighted by Crippen LogP contribution is -2.48. The van der Waals surface area contributed by atoms with Crippen molar-refractivity contribution in [3.63, 3.8) is 0 Å². The quantitative estimate of drug-likeness (QED) is 0.166. The molecule has 7 aliphatic rings. The standard InChI is InChI=1S/C54H53N/c1-53(2)50-12-6-11-47(46-10-5-8-38-7-3-4-9-45(38)46)52(50)48-24-23-44(30-51(48)53)55(42-19-15-39(16-20-42)49-29-34-13-14-40(49)28-34)43-21-17-41(18-22-43)54-31-35-25-36(32-54)27-37(26-35)33-54/h3-12,15-24,30,34-37,40,49H,13-14,25-29,31-33H2,1-2H3. The van der Waals surface area contributed by atoms with Gasteiger partial charge in [0.15, 0.2) is 0 Å². The van der Waals surface area contributed by atoms with Crippen LogP contribution in [0.3, 0.4) is 0 Å². The second-order valence-electron chi connectivity index (χ2n) is 19.6. The molecule has 6 saturated carbocycles. The zero-order valence-corrected chi connectivity index (χ0v) is 32.6. The third-order valence-corrected chi connectivity index (χ3v) is 16.1. The Morgan fingerprint density at radius 2 is 1.16 bits per heavy atom. The Bertz CT molecular complexity index is 2420. The Hall–Kier alpha value is -4.62. The van der Waals surface area contributed by atoms with E-state index in [0.29, 0.717) is 5.41 Å². The Labute approximate surface area is 327 Å². The fourth-order valence-corrected chi connectivity index (χ4v) is 14.0. The van der Waals surface area contributed by atoms with Gasteiger partial charge in [0, 0.05) is 22.5 Å². The number of fused-ring (bicyclic) bond motifs is 6. The highest BCUT2D eigenvalue weighted by molar-refractivity contribution is 6.03. The van der Waals surface area contributed by atoms with Gasteiger partial charge in [0.2, 0.25) is 0 Å². The van der Waals surface area contributed by atoms with Gasteiger partial charge in [-0.25, -0.2) is 0 Å².